The zero-order chi connectivity index (χ0) is 19.5. The van der Waals surface area contributed by atoms with Crippen molar-refractivity contribution in [2.24, 2.45) is 0 Å². The number of carbonyl (C=O) groups is 1. The van der Waals surface area contributed by atoms with Gasteiger partial charge in [0, 0.05) is 38.2 Å². The lowest BCUT2D eigenvalue weighted by atomic mass is 10.1. The van der Waals surface area contributed by atoms with Crippen LogP contribution in [-0.4, -0.2) is 44.0 Å². The number of methoxy groups -OCH3 is 1. The number of benzene rings is 2. The lowest BCUT2D eigenvalue weighted by Gasteiger charge is -2.12. The Morgan fingerprint density at radius 3 is 2.41 bits per heavy atom. The van der Waals surface area contributed by atoms with Crippen molar-refractivity contribution in [3.05, 3.63) is 54.1 Å². The molecule has 0 aromatic heterocycles. The van der Waals surface area contributed by atoms with E-state index in [0.717, 1.165) is 35.7 Å². The molecule has 0 aliphatic heterocycles. The molecular formula is C21H27NO5. The van der Waals surface area contributed by atoms with Gasteiger partial charge >= 0.3 is 5.97 Å². The number of carboxylic acid groups (broad SMARTS) is 1. The maximum absolute atomic E-state index is 11.0. The predicted octanol–water partition coefficient (Wildman–Crippen LogP) is 3.61. The van der Waals surface area contributed by atoms with E-state index in [2.05, 4.69) is 12.2 Å². The van der Waals surface area contributed by atoms with Gasteiger partial charge in [-0.25, -0.2) is 4.79 Å². The minimum Gasteiger partial charge on any atom is -0.493 e. The van der Waals surface area contributed by atoms with Gasteiger partial charge in [0.05, 0.1) is 13.2 Å². The van der Waals surface area contributed by atoms with Crippen molar-refractivity contribution in [3.63, 3.8) is 0 Å². The van der Waals surface area contributed by atoms with Gasteiger partial charge in [-0.1, -0.05) is 18.2 Å². The van der Waals surface area contributed by atoms with Crippen LogP contribution < -0.4 is 14.8 Å². The molecule has 0 bridgehead atoms. The molecule has 27 heavy (non-hydrogen) atoms. The second-order valence-corrected chi connectivity index (χ2v) is 6.02. The van der Waals surface area contributed by atoms with E-state index < -0.39 is 12.1 Å². The molecule has 0 aliphatic carbocycles. The van der Waals surface area contributed by atoms with Crippen LogP contribution in [0.1, 0.15) is 18.9 Å². The monoisotopic (exact) mass is 373 g/mol. The van der Waals surface area contributed by atoms with Gasteiger partial charge in [0.2, 0.25) is 0 Å². The first-order chi connectivity index (χ1) is 13.1. The summed E-state index contributed by atoms with van der Waals surface area (Å²) >= 11 is 0. The summed E-state index contributed by atoms with van der Waals surface area (Å²) in [5, 5.41) is 12.3. The average Bonchev–Trinajstić information content (AvgIpc) is 2.67. The third-order valence-electron chi connectivity index (χ3n) is 3.95. The molecule has 6 heteroatoms. The summed E-state index contributed by atoms with van der Waals surface area (Å²) in [6, 6.07) is 15.3. The Balaban J connectivity index is 1.69. The van der Waals surface area contributed by atoms with E-state index in [1.54, 1.807) is 0 Å². The first-order valence-electron chi connectivity index (χ1n) is 9.06. The van der Waals surface area contributed by atoms with Crippen LogP contribution >= 0.6 is 0 Å². The molecule has 0 amide bonds. The van der Waals surface area contributed by atoms with E-state index >= 15 is 0 Å². The molecule has 0 saturated carbocycles. The number of hydrogen-bond donors (Lipinski definition) is 2. The number of nitrogens with one attached hydrogen (secondary N) is 1. The third kappa shape index (κ3) is 7.19. The highest BCUT2D eigenvalue weighted by molar-refractivity contribution is 5.72. The van der Waals surface area contributed by atoms with Gasteiger partial charge in [0.15, 0.2) is 6.10 Å². The van der Waals surface area contributed by atoms with E-state index in [9.17, 15) is 4.79 Å². The Bertz CT molecular complexity index is 702. The maximum Gasteiger partial charge on any atom is 0.333 e. The van der Waals surface area contributed by atoms with Crippen LogP contribution in [0.25, 0.3) is 0 Å². The molecule has 1 atom stereocenters. The lowest BCUT2D eigenvalue weighted by molar-refractivity contribution is -0.148. The highest BCUT2D eigenvalue weighted by atomic mass is 16.5. The normalized spacial score (nSPS) is 11.6. The molecule has 2 rings (SSSR count). The zero-order valence-corrected chi connectivity index (χ0v) is 15.8. The SMILES string of the molecule is CCNc1cccc(OCCCOc2ccc(C[C@H](OC)C(=O)O)cc2)c1. The summed E-state index contributed by atoms with van der Waals surface area (Å²) in [5.74, 6) is 0.620. The van der Waals surface area contributed by atoms with Gasteiger partial charge in [-0.3, -0.25) is 0 Å². The number of ether oxygens (including phenoxy) is 3. The van der Waals surface area contributed by atoms with E-state index in [-0.39, 0.29) is 0 Å². The molecule has 2 aromatic carbocycles. The molecule has 0 fully saturated rings. The Hall–Kier alpha value is -2.73. The first-order valence-corrected chi connectivity index (χ1v) is 9.06. The van der Waals surface area contributed by atoms with Crippen LogP contribution in [0.4, 0.5) is 5.69 Å². The summed E-state index contributed by atoms with van der Waals surface area (Å²) < 4.78 is 16.4. The second-order valence-electron chi connectivity index (χ2n) is 6.02. The van der Waals surface area contributed by atoms with Crippen molar-refractivity contribution in [2.75, 3.05) is 32.2 Å². The average molecular weight is 373 g/mol. The molecule has 0 saturated heterocycles. The van der Waals surface area contributed by atoms with Crippen molar-refractivity contribution >= 4 is 11.7 Å². The van der Waals surface area contributed by atoms with E-state index in [4.69, 9.17) is 19.3 Å². The number of rotatable bonds is 12. The highest BCUT2D eigenvalue weighted by Gasteiger charge is 2.16. The Morgan fingerprint density at radius 1 is 1.07 bits per heavy atom. The van der Waals surface area contributed by atoms with Gasteiger partial charge in [-0.05, 0) is 36.8 Å². The Kier molecular flexibility index (Phi) is 8.45. The highest BCUT2D eigenvalue weighted by Crippen LogP contribution is 2.18. The molecule has 0 heterocycles. The van der Waals surface area contributed by atoms with Gasteiger partial charge in [0.25, 0.3) is 0 Å². The number of hydrogen-bond acceptors (Lipinski definition) is 5. The quantitative estimate of drug-likeness (QED) is 0.554. The van der Waals surface area contributed by atoms with Crippen LogP contribution in [0.3, 0.4) is 0 Å². The molecular weight excluding hydrogens is 346 g/mol. The first kappa shape index (κ1) is 20.6. The van der Waals surface area contributed by atoms with E-state index in [1.807, 2.05) is 48.5 Å². The standard InChI is InChI=1S/C21H27NO5/c1-3-22-17-6-4-7-19(15-17)27-13-5-12-26-18-10-8-16(9-11-18)14-20(25-2)21(23)24/h4,6-11,15,20,22H,3,5,12-14H2,1-2H3,(H,23,24)/t20-/m0/s1. The van der Waals surface area contributed by atoms with Crippen molar-refractivity contribution in [1.82, 2.24) is 0 Å². The van der Waals surface area contributed by atoms with E-state index in [1.165, 1.54) is 7.11 Å². The molecule has 0 radical (unpaired) electrons. The van der Waals surface area contributed by atoms with Crippen LogP contribution in [0.5, 0.6) is 11.5 Å². The van der Waals surface area contributed by atoms with Crippen molar-refractivity contribution < 1.29 is 24.1 Å². The molecule has 146 valence electrons. The summed E-state index contributed by atoms with van der Waals surface area (Å²) in [6.07, 6.45) is 0.254. The molecule has 0 spiro atoms. The lowest BCUT2D eigenvalue weighted by Crippen LogP contribution is -2.24. The van der Waals surface area contributed by atoms with Gasteiger partial charge in [-0.15, -0.1) is 0 Å². The molecule has 0 unspecified atom stereocenters. The largest absolute Gasteiger partial charge is 0.493 e. The van der Waals surface area contributed by atoms with Crippen molar-refractivity contribution in [2.45, 2.75) is 25.9 Å². The second kappa shape index (κ2) is 11.1. The Labute approximate surface area is 160 Å². The summed E-state index contributed by atoms with van der Waals surface area (Å²) in [7, 11) is 1.40. The maximum atomic E-state index is 11.0. The molecule has 6 nitrogen and oxygen atoms in total. The van der Waals surface area contributed by atoms with Crippen LogP contribution in [-0.2, 0) is 16.0 Å². The van der Waals surface area contributed by atoms with Crippen LogP contribution in [0, 0.1) is 0 Å². The topological polar surface area (TPSA) is 77.0 Å². The minimum atomic E-state index is -0.964. The Morgan fingerprint density at radius 2 is 1.78 bits per heavy atom. The van der Waals surface area contributed by atoms with Gasteiger partial charge < -0.3 is 24.6 Å². The molecule has 0 aliphatic rings. The fraction of sp³-hybridized carbons (Fsp3) is 0.381. The van der Waals surface area contributed by atoms with E-state index in [0.29, 0.717) is 19.6 Å². The van der Waals surface area contributed by atoms with Gasteiger partial charge in [0.1, 0.15) is 11.5 Å². The minimum absolute atomic E-state index is 0.325. The number of carboxylic acids is 1. The fourth-order valence-corrected chi connectivity index (χ4v) is 2.55. The third-order valence-corrected chi connectivity index (χ3v) is 3.95. The summed E-state index contributed by atoms with van der Waals surface area (Å²) in [5.41, 5.74) is 1.94. The summed E-state index contributed by atoms with van der Waals surface area (Å²) in [6.45, 7) is 4.04. The van der Waals surface area contributed by atoms with Gasteiger partial charge in [-0.2, -0.15) is 0 Å². The number of anilines is 1. The van der Waals surface area contributed by atoms with Crippen LogP contribution in [0.2, 0.25) is 0 Å². The molecule has 2 N–H and O–H groups in total. The smallest absolute Gasteiger partial charge is 0.333 e. The molecule has 2 aromatic rings. The predicted molar refractivity (Wildman–Crippen MR) is 105 cm³/mol. The zero-order valence-electron chi connectivity index (χ0n) is 15.8. The van der Waals surface area contributed by atoms with Crippen LogP contribution in [0.15, 0.2) is 48.5 Å². The van der Waals surface area contributed by atoms with Crippen molar-refractivity contribution in [1.29, 1.82) is 0 Å². The van der Waals surface area contributed by atoms with Crippen molar-refractivity contribution in [3.8, 4) is 11.5 Å². The number of aliphatic carboxylic acids is 1. The fourth-order valence-electron chi connectivity index (χ4n) is 2.55. The summed E-state index contributed by atoms with van der Waals surface area (Å²) in [4.78, 5) is 11.0.